The quantitative estimate of drug-likeness (QED) is 0.647. The summed E-state index contributed by atoms with van der Waals surface area (Å²) in [5.74, 6) is 2.45. The fourth-order valence-corrected chi connectivity index (χ4v) is 4.19. The molecule has 0 radical (unpaired) electrons. The number of amides is 1. The topological polar surface area (TPSA) is 69.5 Å². The van der Waals surface area contributed by atoms with Crippen molar-refractivity contribution < 1.29 is 14.3 Å². The molecule has 1 aromatic heterocycles. The van der Waals surface area contributed by atoms with Crippen LogP contribution >= 0.6 is 0 Å². The highest BCUT2D eigenvalue weighted by atomic mass is 16.5. The van der Waals surface area contributed by atoms with Crippen LogP contribution in [0.15, 0.2) is 54.9 Å². The van der Waals surface area contributed by atoms with Crippen molar-refractivity contribution >= 4 is 11.9 Å². The summed E-state index contributed by atoms with van der Waals surface area (Å²) in [6.45, 7) is 0. The number of fused-ring (bicyclic) bond motifs is 1. The van der Waals surface area contributed by atoms with E-state index in [1.807, 2.05) is 46.0 Å². The lowest BCUT2D eigenvalue weighted by atomic mass is 9.91. The molecule has 2 unspecified atom stereocenters. The first-order chi connectivity index (χ1) is 14.7. The number of anilines is 1. The molecule has 0 spiro atoms. The Bertz CT molecular complexity index is 1040. The van der Waals surface area contributed by atoms with Crippen LogP contribution in [0.5, 0.6) is 11.5 Å². The highest BCUT2D eigenvalue weighted by Crippen LogP contribution is 2.45. The zero-order valence-electron chi connectivity index (χ0n) is 17.1. The van der Waals surface area contributed by atoms with Crippen molar-refractivity contribution in [3.05, 3.63) is 66.0 Å². The molecule has 154 valence electrons. The number of methoxy groups -OCH3 is 2. The highest BCUT2D eigenvalue weighted by Gasteiger charge is 2.44. The fraction of sp³-hybridized carbons (Fsp3) is 0.348. The van der Waals surface area contributed by atoms with Gasteiger partial charge in [0.15, 0.2) is 0 Å². The van der Waals surface area contributed by atoms with E-state index in [2.05, 4.69) is 22.2 Å². The molecule has 1 fully saturated rings. The Balaban J connectivity index is 1.58. The van der Waals surface area contributed by atoms with Crippen LogP contribution in [0.25, 0.3) is 0 Å². The first kappa shape index (κ1) is 18.7. The fourth-order valence-electron chi connectivity index (χ4n) is 4.19. The van der Waals surface area contributed by atoms with Gasteiger partial charge in [-0.25, -0.2) is 4.68 Å². The van der Waals surface area contributed by atoms with E-state index in [-0.39, 0.29) is 23.9 Å². The normalized spacial score (nSPS) is 20.5. The number of ether oxygens (including phenoxy) is 2. The molecule has 7 nitrogen and oxygen atoms in total. The van der Waals surface area contributed by atoms with Gasteiger partial charge in [0.2, 0.25) is 11.9 Å². The molecule has 5 rings (SSSR count). The third kappa shape index (κ3) is 3.20. The van der Waals surface area contributed by atoms with Crippen LogP contribution in [-0.2, 0) is 4.79 Å². The zero-order chi connectivity index (χ0) is 20.7. The van der Waals surface area contributed by atoms with Crippen molar-refractivity contribution in [1.82, 2.24) is 14.8 Å². The molecule has 1 aliphatic heterocycles. The first-order valence-electron chi connectivity index (χ1n) is 10.2. The monoisotopic (exact) mass is 404 g/mol. The van der Waals surface area contributed by atoms with Gasteiger partial charge >= 0.3 is 0 Å². The summed E-state index contributed by atoms with van der Waals surface area (Å²) in [4.78, 5) is 19.6. The summed E-state index contributed by atoms with van der Waals surface area (Å²) in [5.41, 5.74) is 2.18. The van der Waals surface area contributed by atoms with Crippen LogP contribution in [0, 0.1) is 5.92 Å². The van der Waals surface area contributed by atoms with E-state index in [1.54, 1.807) is 14.2 Å². The third-order valence-electron chi connectivity index (χ3n) is 5.99. The molecule has 2 aromatic carbocycles. The van der Waals surface area contributed by atoms with E-state index in [1.165, 1.54) is 6.33 Å². The molecule has 2 aliphatic rings. The van der Waals surface area contributed by atoms with E-state index in [0.717, 1.165) is 35.5 Å². The lowest BCUT2D eigenvalue weighted by Crippen LogP contribution is -2.43. The maximum atomic E-state index is 13.3. The molecule has 1 amide bonds. The summed E-state index contributed by atoms with van der Waals surface area (Å²) in [6, 6.07) is 15.8. The molecule has 0 N–H and O–H groups in total. The number of hydrogen-bond acceptors (Lipinski definition) is 5. The van der Waals surface area contributed by atoms with Crippen molar-refractivity contribution in [2.45, 2.75) is 31.3 Å². The average Bonchev–Trinajstić information content (AvgIpc) is 3.54. The SMILES string of the molecule is COc1ccc(C2CC(c3ccc(OC)cc3)n3ncnc3N2C(=O)C2CC2)cc1. The highest BCUT2D eigenvalue weighted by molar-refractivity contribution is 5.96. The molecule has 0 bridgehead atoms. The van der Waals surface area contributed by atoms with Gasteiger partial charge in [0, 0.05) is 5.92 Å². The van der Waals surface area contributed by atoms with Crippen LogP contribution in [0.3, 0.4) is 0 Å². The number of carbonyl (C=O) groups excluding carboxylic acids is 1. The van der Waals surface area contributed by atoms with E-state index in [0.29, 0.717) is 12.4 Å². The van der Waals surface area contributed by atoms with Gasteiger partial charge in [0.05, 0.1) is 26.3 Å². The Kier molecular flexibility index (Phi) is 4.65. The van der Waals surface area contributed by atoms with Gasteiger partial charge in [-0.05, 0) is 54.7 Å². The summed E-state index contributed by atoms with van der Waals surface area (Å²) < 4.78 is 12.5. The van der Waals surface area contributed by atoms with Gasteiger partial charge in [-0.15, -0.1) is 0 Å². The number of carbonyl (C=O) groups is 1. The molecule has 1 aliphatic carbocycles. The Morgan fingerprint density at radius 3 is 2.00 bits per heavy atom. The number of aromatic nitrogens is 3. The molecular weight excluding hydrogens is 380 g/mol. The van der Waals surface area contributed by atoms with Gasteiger partial charge in [0.25, 0.3) is 0 Å². The molecule has 3 aromatic rings. The second-order valence-corrected chi connectivity index (χ2v) is 7.80. The van der Waals surface area contributed by atoms with Gasteiger partial charge in [-0.2, -0.15) is 10.1 Å². The molecule has 2 atom stereocenters. The van der Waals surface area contributed by atoms with Gasteiger partial charge in [-0.3, -0.25) is 9.69 Å². The largest absolute Gasteiger partial charge is 0.497 e. The van der Waals surface area contributed by atoms with Crippen molar-refractivity contribution in [2.24, 2.45) is 5.92 Å². The number of hydrogen-bond donors (Lipinski definition) is 0. The third-order valence-corrected chi connectivity index (χ3v) is 5.99. The minimum atomic E-state index is -0.118. The van der Waals surface area contributed by atoms with E-state index in [9.17, 15) is 4.79 Å². The standard InChI is InChI=1S/C23H24N4O3/c1-29-18-9-5-15(6-10-18)20-13-21(16-7-11-19(30-2)12-8-16)27-23(24-14-25-27)26(20)22(28)17-3-4-17/h5-12,14,17,20-21H,3-4,13H2,1-2H3. The Morgan fingerprint density at radius 2 is 1.47 bits per heavy atom. The minimum Gasteiger partial charge on any atom is -0.497 e. The lowest BCUT2D eigenvalue weighted by molar-refractivity contribution is -0.120. The molecule has 7 heteroatoms. The van der Waals surface area contributed by atoms with Gasteiger partial charge in [0.1, 0.15) is 17.8 Å². The van der Waals surface area contributed by atoms with Crippen molar-refractivity contribution in [3.8, 4) is 11.5 Å². The Morgan fingerprint density at radius 1 is 0.900 bits per heavy atom. The van der Waals surface area contributed by atoms with E-state index in [4.69, 9.17) is 9.47 Å². The van der Waals surface area contributed by atoms with Crippen LogP contribution in [0.2, 0.25) is 0 Å². The average molecular weight is 404 g/mol. The van der Waals surface area contributed by atoms with Crippen LogP contribution in [0.4, 0.5) is 5.95 Å². The predicted molar refractivity (Wildman–Crippen MR) is 112 cm³/mol. The van der Waals surface area contributed by atoms with Gasteiger partial charge < -0.3 is 9.47 Å². The molecule has 1 saturated carbocycles. The summed E-state index contributed by atoms with van der Waals surface area (Å²) in [5, 5.41) is 4.49. The predicted octanol–water partition coefficient (Wildman–Crippen LogP) is 3.77. The van der Waals surface area contributed by atoms with Crippen molar-refractivity contribution in [3.63, 3.8) is 0 Å². The first-order valence-corrected chi connectivity index (χ1v) is 10.2. The number of nitrogens with zero attached hydrogens (tertiary/aromatic N) is 4. The number of benzene rings is 2. The van der Waals surface area contributed by atoms with Crippen molar-refractivity contribution in [2.75, 3.05) is 19.1 Å². The van der Waals surface area contributed by atoms with Gasteiger partial charge in [-0.1, -0.05) is 24.3 Å². The van der Waals surface area contributed by atoms with Crippen LogP contribution < -0.4 is 14.4 Å². The minimum absolute atomic E-state index is 0.0243. The Hall–Kier alpha value is -3.35. The second-order valence-electron chi connectivity index (χ2n) is 7.80. The molecular formula is C23H24N4O3. The van der Waals surface area contributed by atoms with Crippen LogP contribution in [0.1, 0.15) is 42.5 Å². The second kappa shape index (κ2) is 7.48. The summed E-state index contributed by atoms with van der Waals surface area (Å²) >= 11 is 0. The van der Waals surface area contributed by atoms with E-state index >= 15 is 0 Å². The smallest absolute Gasteiger partial charge is 0.233 e. The zero-order valence-corrected chi connectivity index (χ0v) is 17.1. The Labute approximate surface area is 175 Å². The summed E-state index contributed by atoms with van der Waals surface area (Å²) in [7, 11) is 3.31. The van der Waals surface area contributed by atoms with Crippen molar-refractivity contribution in [1.29, 1.82) is 0 Å². The maximum absolute atomic E-state index is 13.3. The van der Waals surface area contributed by atoms with Crippen LogP contribution in [-0.4, -0.2) is 34.9 Å². The lowest BCUT2D eigenvalue weighted by Gasteiger charge is -2.39. The maximum Gasteiger partial charge on any atom is 0.233 e. The molecule has 2 heterocycles. The molecule has 0 saturated heterocycles. The number of rotatable bonds is 5. The summed E-state index contributed by atoms with van der Waals surface area (Å²) in [6.07, 6.45) is 4.14. The molecule has 30 heavy (non-hydrogen) atoms. The van der Waals surface area contributed by atoms with E-state index < -0.39 is 0 Å².